The first kappa shape index (κ1) is 24.0. The fourth-order valence-electron chi connectivity index (χ4n) is 3.40. The van der Waals surface area contributed by atoms with Crippen LogP contribution in [0, 0.1) is 0 Å². The number of nitrogens with zero attached hydrogens (tertiary/aromatic N) is 3. The van der Waals surface area contributed by atoms with Crippen molar-refractivity contribution in [2.45, 2.75) is 30.4 Å². The van der Waals surface area contributed by atoms with Gasteiger partial charge in [-0.1, -0.05) is 70.2 Å². The van der Waals surface area contributed by atoms with Crippen molar-refractivity contribution in [3.8, 4) is 5.75 Å². The molecule has 0 spiro atoms. The number of aryl methyl sites for hydroxylation is 1. The van der Waals surface area contributed by atoms with Crippen LogP contribution in [0.15, 0.2) is 88.5 Å². The number of amides is 1. The fourth-order valence-corrected chi connectivity index (χ4v) is 4.60. The van der Waals surface area contributed by atoms with Crippen LogP contribution < -0.4 is 10.1 Å². The zero-order valence-corrected chi connectivity index (χ0v) is 21.2. The first-order valence-electron chi connectivity index (χ1n) is 10.9. The van der Waals surface area contributed by atoms with Crippen molar-refractivity contribution in [2.75, 3.05) is 7.11 Å². The topological polar surface area (TPSA) is 69.0 Å². The molecule has 4 rings (SSSR count). The second-order valence-electron chi connectivity index (χ2n) is 7.61. The highest BCUT2D eigenvalue weighted by Crippen LogP contribution is 2.23. The van der Waals surface area contributed by atoms with E-state index in [1.165, 1.54) is 11.1 Å². The number of rotatable bonds is 10. The Balaban J connectivity index is 1.46. The molecule has 0 radical (unpaired) electrons. The van der Waals surface area contributed by atoms with Gasteiger partial charge in [0.05, 0.1) is 13.7 Å². The van der Waals surface area contributed by atoms with Crippen molar-refractivity contribution in [1.29, 1.82) is 0 Å². The van der Waals surface area contributed by atoms with E-state index in [2.05, 4.69) is 60.3 Å². The number of ether oxygens (including phenoxy) is 1. The average Bonchev–Trinajstić information content (AvgIpc) is 3.27. The summed E-state index contributed by atoms with van der Waals surface area (Å²) in [6.45, 7) is 1.03. The molecule has 0 aliphatic carbocycles. The lowest BCUT2D eigenvalue weighted by molar-refractivity contribution is 0.0949. The molecule has 1 amide bonds. The van der Waals surface area contributed by atoms with Gasteiger partial charge in [-0.15, -0.1) is 10.2 Å². The lowest BCUT2D eigenvalue weighted by Crippen LogP contribution is -2.25. The number of carbonyl (C=O) groups is 1. The van der Waals surface area contributed by atoms with Crippen LogP contribution in [-0.2, 0) is 25.3 Å². The summed E-state index contributed by atoms with van der Waals surface area (Å²) in [6.07, 6.45) is 0.851. The summed E-state index contributed by atoms with van der Waals surface area (Å²) in [5, 5.41) is 12.6. The van der Waals surface area contributed by atoms with E-state index in [0.29, 0.717) is 17.9 Å². The molecule has 1 N–H and O–H groups in total. The Morgan fingerprint density at radius 1 is 0.971 bits per heavy atom. The SMILES string of the molecule is COc1ccc(C(=O)NCc2nnc(SCc3ccc(Br)cc3)n2CCc2ccccc2)cc1. The normalized spacial score (nSPS) is 10.8. The number of carbonyl (C=O) groups excluding carboxylic acids is 1. The quantitative estimate of drug-likeness (QED) is 0.270. The Labute approximate surface area is 211 Å². The van der Waals surface area contributed by atoms with Crippen molar-refractivity contribution in [3.05, 3.63) is 106 Å². The molecule has 0 saturated carbocycles. The third-order valence-electron chi connectivity index (χ3n) is 5.30. The second kappa shape index (κ2) is 11.9. The molecule has 0 atom stereocenters. The Bertz CT molecular complexity index is 1210. The minimum Gasteiger partial charge on any atom is -0.497 e. The third-order valence-corrected chi connectivity index (χ3v) is 6.87. The minimum atomic E-state index is -0.163. The summed E-state index contributed by atoms with van der Waals surface area (Å²) in [6, 6.07) is 25.6. The van der Waals surface area contributed by atoms with Crippen LogP contribution in [0.5, 0.6) is 5.75 Å². The molecule has 0 bridgehead atoms. The van der Waals surface area contributed by atoms with Gasteiger partial charge in [-0.05, 0) is 53.9 Å². The number of aromatic nitrogens is 3. The van der Waals surface area contributed by atoms with Gasteiger partial charge in [-0.3, -0.25) is 4.79 Å². The lowest BCUT2D eigenvalue weighted by Gasteiger charge is -2.11. The van der Waals surface area contributed by atoms with Crippen LogP contribution in [-0.4, -0.2) is 27.8 Å². The van der Waals surface area contributed by atoms with Crippen LogP contribution in [0.3, 0.4) is 0 Å². The molecule has 0 fully saturated rings. The first-order chi connectivity index (χ1) is 16.6. The van der Waals surface area contributed by atoms with E-state index < -0.39 is 0 Å². The monoisotopic (exact) mass is 536 g/mol. The van der Waals surface area contributed by atoms with Gasteiger partial charge in [-0.2, -0.15) is 0 Å². The van der Waals surface area contributed by atoms with Crippen molar-refractivity contribution in [3.63, 3.8) is 0 Å². The second-order valence-corrected chi connectivity index (χ2v) is 9.47. The molecule has 0 saturated heterocycles. The molecule has 0 aliphatic rings. The molecule has 174 valence electrons. The number of thioether (sulfide) groups is 1. The van der Waals surface area contributed by atoms with Crippen LogP contribution in [0.25, 0.3) is 0 Å². The van der Waals surface area contributed by atoms with Gasteiger partial charge in [0.15, 0.2) is 11.0 Å². The minimum absolute atomic E-state index is 0.163. The zero-order chi connectivity index (χ0) is 23.8. The number of nitrogens with one attached hydrogen (secondary N) is 1. The predicted octanol–water partition coefficient (Wildman–Crippen LogP) is 5.51. The van der Waals surface area contributed by atoms with Crippen molar-refractivity contribution >= 4 is 33.6 Å². The van der Waals surface area contributed by atoms with Gasteiger partial charge >= 0.3 is 0 Å². The van der Waals surface area contributed by atoms with Gasteiger partial charge < -0.3 is 14.6 Å². The van der Waals surface area contributed by atoms with E-state index in [1.807, 2.05) is 30.3 Å². The molecule has 8 heteroatoms. The van der Waals surface area contributed by atoms with E-state index in [0.717, 1.165) is 34.2 Å². The van der Waals surface area contributed by atoms with Crippen LogP contribution >= 0.6 is 27.7 Å². The average molecular weight is 537 g/mol. The maximum Gasteiger partial charge on any atom is 0.251 e. The molecule has 1 heterocycles. The molecule has 0 aliphatic heterocycles. The van der Waals surface area contributed by atoms with Crippen LogP contribution in [0.4, 0.5) is 0 Å². The Hall–Kier alpha value is -3.10. The van der Waals surface area contributed by atoms with Crippen molar-refractivity contribution in [2.24, 2.45) is 0 Å². The molecule has 3 aromatic carbocycles. The van der Waals surface area contributed by atoms with E-state index in [-0.39, 0.29) is 5.91 Å². The largest absolute Gasteiger partial charge is 0.497 e. The number of hydrogen-bond acceptors (Lipinski definition) is 5. The summed E-state index contributed by atoms with van der Waals surface area (Å²) in [5.74, 6) is 2.07. The van der Waals surface area contributed by atoms with Crippen molar-refractivity contribution < 1.29 is 9.53 Å². The van der Waals surface area contributed by atoms with E-state index in [1.54, 1.807) is 43.1 Å². The lowest BCUT2D eigenvalue weighted by atomic mass is 10.1. The Morgan fingerprint density at radius 3 is 2.41 bits per heavy atom. The van der Waals surface area contributed by atoms with Gasteiger partial charge in [-0.25, -0.2) is 0 Å². The highest BCUT2D eigenvalue weighted by atomic mass is 79.9. The molecule has 4 aromatic rings. The maximum absolute atomic E-state index is 12.6. The van der Waals surface area contributed by atoms with Crippen LogP contribution in [0.2, 0.25) is 0 Å². The first-order valence-corrected chi connectivity index (χ1v) is 12.7. The predicted molar refractivity (Wildman–Crippen MR) is 138 cm³/mol. The van der Waals surface area contributed by atoms with E-state index in [9.17, 15) is 4.79 Å². The van der Waals surface area contributed by atoms with Gasteiger partial charge in [0.1, 0.15) is 5.75 Å². The summed E-state index contributed by atoms with van der Waals surface area (Å²) >= 11 is 5.12. The summed E-state index contributed by atoms with van der Waals surface area (Å²) < 4.78 is 8.32. The Kier molecular flexibility index (Phi) is 8.38. The fraction of sp³-hybridized carbons (Fsp3) is 0.192. The number of methoxy groups -OCH3 is 1. The highest BCUT2D eigenvalue weighted by Gasteiger charge is 2.15. The summed E-state index contributed by atoms with van der Waals surface area (Å²) in [4.78, 5) is 12.6. The van der Waals surface area contributed by atoms with Crippen molar-refractivity contribution in [1.82, 2.24) is 20.1 Å². The molecular formula is C26H25BrN4O2S. The zero-order valence-electron chi connectivity index (χ0n) is 18.8. The summed E-state index contributed by atoms with van der Waals surface area (Å²) in [7, 11) is 1.60. The highest BCUT2D eigenvalue weighted by molar-refractivity contribution is 9.10. The van der Waals surface area contributed by atoms with Crippen LogP contribution in [0.1, 0.15) is 27.3 Å². The molecule has 34 heavy (non-hydrogen) atoms. The molecule has 1 aromatic heterocycles. The molecule has 6 nitrogen and oxygen atoms in total. The third kappa shape index (κ3) is 6.48. The summed E-state index contributed by atoms with van der Waals surface area (Å²) in [5.41, 5.74) is 3.02. The van der Waals surface area contributed by atoms with Gasteiger partial charge in [0, 0.05) is 22.3 Å². The smallest absolute Gasteiger partial charge is 0.251 e. The standard InChI is InChI=1S/C26H25BrN4O2S/c1-33-23-13-9-21(10-14-23)25(32)28-17-24-29-30-26(34-18-20-7-11-22(27)12-8-20)31(24)16-15-19-5-3-2-4-6-19/h2-14H,15-18H2,1H3,(H,28,32). The molecule has 0 unspecified atom stereocenters. The number of benzene rings is 3. The van der Waals surface area contributed by atoms with Gasteiger partial charge in [0.2, 0.25) is 0 Å². The van der Waals surface area contributed by atoms with E-state index in [4.69, 9.17) is 4.74 Å². The van der Waals surface area contributed by atoms with E-state index >= 15 is 0 Å². The molecular weight excluding hydrogens is 512 g/mol. The van der Waals surface area contributed by atoms with Gasteiger partial charge in [0.25, 0.3) is 5.91 Å². The number of hydrogen-bond donors (Lipinski definition) is 1. The maximum atomic E-state index is 12.6. The number of halogens is 1. The Morgan fingerprint density at radius 2 is 1.71 bits per heavy atom.